The van der Waals surface area contributed by atoms with Crippen LogP contribution in [-0.2, 0) is 6.54 Å². The number of amides is 1. The fraction of sp³-hybridized carbons (Fsp3) is 0.238. The molecule has 146 valence electrons. The maximum atomic E-state index is 12.8. The molecule has 0 aliphatic heterocycles. The molecule has 5 nitrogen and oxygen atoms in total. The SMILES string of the molecule is COc1cccc(C(=O)Nc2c(C)nn(Cc3ccc(Cl)c(Cl)c3)c2C)c1C. The summed E-state index contributed by atoms with van der Waals surface area (Å²) in [5, 5.41) is 8.57. The van der Waals surface area contributed by atoms with Crippen LogP contribution in [0.4, 0.5) is 5.69 Å². The van der Waals surface area contributed by atoms with E-state index in [9.17, 15) is 4.79 Å². The van der Waals surface area contributed by atoms with Crippen LogP contribution in [0.3, 0.4) is 0 Å². The third-order valence-corrected chi connectivity index (χ3v) is 5.42. The number of aryl methyl sites for hydroxylation is 1. The Kier molecular flexibility index (Phi) is 5.96. The van der Waals surface area contributed by atoms with Crippen molar-refractivity contribution in [2.45, 2.75) is 27.3 Å². The molecule has 2 aromatic carbocycles. The number of ether oxygens (including phenoxy) is 1. The highest BCUT2D eigenvalue weighted by atomic mass is 35.5. The van der Waals surface area contributed by atoms with Crippen LogP contribution in [0.2, 0.25) is 10.0 Å². The van der Waals surface area contributed by atoms with Gasteiger partial charge in [0.05, 0.1) is 40.8 Å². The Morgan fingerprint density at radius 1 is 1.14 bits per heavy atom. The Morgan fingerprint density at radius 2 is 1.89 bits per heavy atom. The van der Waals surface area contributed by atoms with Crippen molar-refractivity contribution in [2.75, 3.05) is 12.4 Å². The Bertz CT molecular complexity index is 1040. The van der Waals surface area contributed by atoms with Gasteiger partial charge in [-0.2, -0.15) is 5.10 Å². The van der Waals surface area contributed by atoms with Crippen molar-refractivity contribution >= 4 is 34.8 Å². The lowest BCUT2D eigenvalue weighted by atomic mass is 10.1. The van der Waals surface area contributed by atoms with Gasteiger partial charge < -0.3 is 10.1 Å². The lowest BCUT2D eigenvalue weighted by Gasteiger charge is -2.11. The maximum absolute atomic E-state index is 12.8. The van der Waals surface area contributed by atoms with Crippen LogP contribution in [0.5, 0.6) is 5.75 Å². The van der Waals surface area contributed by atoms with Crippen LogP contribution in [0, 0.1) is 20.8 Å². The first kappa shape index (κ1) is 20.2. The summed E-state index contributed by atoms with van der Waals surface area (Å²) in [5.74, 6) is 0.480. The highest BCUT2D eigenvalue weighted by molar-refractivity contribution is 6.42. The summed E-state index contributed by atoms with van der Waals surface area (Å²) in [6, 6.07) is 10.9. The quantitative estimate of drug-likeness (QED) is 0.602. The number of carbonyl (C=O) groups excluding carboxylic acids is 1. The molecule has 0 saturated carbocycles. The molecule has 7 heteroatoms. The second kappa shape index (κ2) is 8.25. The molecule has 3 aromatic rings. The first-order valence-corrected chi connectivity index (χ1v) is 9.50. The van der Waals surface area contributed by atoms with Gasteiger partial charge in [0.2, 0.25) is 0 Å². The monoisotopic (exact) mass is 417 g/mol. The van der Waals surface area contributed by atoms with Crippen molar-refractivity contribution in [3.63, 3.8) is 0 Å². The normalized spacial score (nSPS) is 10.8. The largest absolute Gasteiger partial charge is 0.496 e. The molecule has 1 amide bonds. The van der Waals surface area contributed by atoms with E-state index in [0.717, 1.165) is 22.5 Å². The molecular weight excluding hydrogens is 397 g/mol. The Morgan fingerprint density at radius 3 is 2.57 bits per heavy atom. The van der Waals surface area contributed by atoms with Gasteiger partial charge >= 0.3 is 0 Å². The van der Waals surface area contributed by atoms with E-state index in [0.29, 0.717) is 33.6 Å². The van der Waals surface area contributed by atoms with E-state index in [1.54, 1.807) is 25.3 Å². The number of rotatable bonds is 5. The average Bonchev–Trinajstić information content (AvgIpc) is 2.92. The number of hydrogen-bond donors (Lipinski definition) is 1. The zero-order chi connectivity index (χ0) is 20.4. The van der Waals surface area contributed by atoms with Crippen LogP contribution in [0.15, 0.2) is 36.4 Å². The van der Waals surface area contributed by atoms with Gasteiger partial charge in [-0.1, -0.05) is 35.3 Å². The fourth-order valence-corrected chi connectivity index (χ4v) is 3.43. The fourth-order valence-electron chi connectivity index (χ4n) is 3.11. The van der Waals surface area contributed by atoms with Gasteiger partial charge in [-0.3, -0.25) is 9.48 Å². The smallest absolute Gasteiger partial charge is 0.256 e. The summed E-state index contributed by atoms with van der Waals surface area (Å²) < 4.78 is 7.14. The number of halogens is 2. The van der Waals surface area contributed by atoms with Gasteiger partial charge in [0.25, 0.3) is 5.91 Å². The van der Waals surface area contributed by atoms with Crippen molar-refractivity contribution < 1.29 is 9.53 Å². The standard InChI is InChI=1S/C21H21Cl2N3O2/c1-12-16(6-5-7-19(12)28-4)21(27)24-20-13(2)25-26(14(20)3)11-15-8-9-17(22)18(23)10-15/h5-10H,11H2,1-4H3,(H,24,27). The molecule has 0 spiro atoms. The molecule has 3 rings (SSSR count). The number of hydrogen-bond acceptors (Lipinski definition) is 3. The molecule has 0 unspecified atom stereocenters. The van der Waals surface area contributed by atoms with Crippen LogP contribution in [0.25, 0.3) is 0 Å². The van der Waals surface area contributed by atoms with E-state index in [1.807, 2.05) is 43.7 Å². The lowest BCUT2D eigenvalue weighted by Crippen LogP contribution is -2.15. The molecule has 0 radical (unpaired) electrons. The molecule has 0 aliphatic carbocycles. The Labute approximate surface area is 174 Å². The van der Waals surface area contributed by atoms with Gasteiger partial charge in [0.15, 0.2) is 0 Å². The van der Waals surface area contributed by atoms with Crippen LogP contribution in [-0.4, -0.2) is 22.8 Å². The lowest BCUT2D eigenvalue weighted by molar-refractivity contribution is 0.102. The van der Waals surface area contributed by atoms with Gasteiger partial charge in [-0.15, -0.1) is 0 Å². The number of nitrogens with zero attached hydrogens (tertiary/aromatic N) is 2. The summed E-state index contributed by atoms with van der Waals surface area (Å²) >= 11 is 12.1. The predicted molar refractivity (Wildman–Crippen MR) is 113 cm³/mol. The van der Waals surface area contributed by atoms with Gasteiger partial charge in [0.1, 0.15) is 5.75 Å². The van der Waals surface area contributed by atoms with Crippen molar-refractivity contribution in [1.82, 2.24) is 9.78 Å². The minimum atomic E-state index is -0.198. The van der Waals surface area contributed by atoms with Crippen LogP contribution >= 0.6 is 23.2 Å². The molecule has 28 heavy (non-hydrogen) atoms. The number of aromatic nitrogens is 2. The number of methoxy groups -OCH3 is 1. The first-order valence-electron chi connectivity index (χ1n) is 8.74. The predicted octanol–water partition coefficient (Wildman–Crippen LogP) is 5.42. The average molecular weight is 418 g/mol. The summed E-state index contributed by atoms with van der Waals surface area (Å²) in [7, 11) is 1.59. The molecule has 0 saturated heterocycles. The summed E-state index contributed by atoms with van der Waals surface area (Å²) in [6.45, 7) is 6.18. The Hall–Kier alpha value is -2.50. The van der Waals surface area contributed by atoms with E-state index in [1.165, 1.54) is 0 Å². The third-order valence-electron chi connectivity index (χ3n) is 4.69. The number of carbonyl (C=O) groups is 1. The highest BCUT2D eigenvalue weighted by Crippen LogP contribution is 2.26. The van der Waals surface area contributed by atoms with Gasteiger partial charge in [-0.05, 0) is 50.6 Å². The molecule has 0 fully saturated rings. The Balaban J connectivity index is 1.86. The van der Waals surface area contributed by atoms with E-state index < -0.39 is 0 Å². The van der Waals surface area contributed by atoms with E-state index in [-0.39, 0.29) is 5.91 Å². The zero-order valence-electron chi connectivity index (χ0n) is 16.1. The molecule has 0 aliphatic rings. The highest BCUT2D eigenvalue weighted by Gasteiger charge is 2.18. The molecule has 0 atom stereocenters. The number of anilines is 1. The molecule has 1 aromatic heterocycles. The van der Waals surface area contributed by atoms with E-state index in [2.05, 4.69) is 10.4 Å². The van der Waals surface area contributed by atoms with Crippen LogP contribution < -0.4 is 10.1 Å². The van der Waals surface area contributed by atoms with Crippen LogP contribution in [0.1, 0.15) is 32.9 Å². The minimum Gasteiger partial charge on any atom is -0.496 e. The number of nitrogens with one attached hydrogen (secondary N) is 1. The third kappa shape index (κ3) is 4.01. The topological polar surface area (TPSA) is 56.1 Å². The first-order chi connectivity index (χ1) is 13.3. The van der Waals surface area contributed by atoms with E-state index in [4.69, 9.17) is 27.9 Å². The van der Waals surface area contributed by atoms with Gasteiger partial charge in [0, 0.05) is 11.1 Å². The van der Waals surface area contributed by atoms with Crippen molar-refractivity contribution in [2.24, 2.45) is 0 Å². The summed E-state index contributed by atoms with van der Waals surface area (Å²) in [6.07, 6.45) is 0. The minimum absolute atomic E-state index is 0.198. The molecular formula is C21H21Cl2N3O2. The second-order valence-electron chi connectivity index (χ2n) is 6.54. The second-order valence-corrected chi connectivity index (χ2v) is 7.35. The molecule has 1 heterocycles. The summed E-state index contributed by atoms with van der Waals surface area (Å²) in [5.41, 5.74) is 4.63. The van der Waals surface area contributed by atoms with Crippen molar-refractivity contribution in [1.29, 1.82) is 0 Å². The van der Waals surface area contributed by atoms with Gasteiger partial charge in [-0.25, -0.2) is 0 Å². The summed E-state index contributed by atoms with van der Waals surface area (Å²) in [4.78, 5) is 12.8. The number of benzene rings is 2. The molecule has 0 bridgehead atoms. The molecule has 1 N–H and O–H groups in total. The van der Waals surface area contributed by atoms with E-state index >= 15 is 0 Å². The zero-order valence-corrected chi connectivity index (χ0v) is 17.6. The van der Waals surface area contributed by atoms with Crippen molar-refractivity contribution in [3.8, 4) is 5.75 Å². The van der Waals surface area contributed by atoms with Crippen molar-refractivity contribution in [3.05, 3.63) is 74.5 Å². The maximum Gasteiger partial charge on any atom is 0.256 e.